The second-order valence-corrected chi connectivity index (χ2v) is 2.78. The van der Waals surface area contributed by atoms with Gasteiger partial charge in [-0.25, -0.2) is 0 Å². The van der Waals surface area contributed by atoms with E-state index in [0.717, 1.165) is 0 Å². The number of primary amides is 1. The summed E-state index contributed by atoms with van der Waals surface area (Å²) in [7, 11) is -5.17. The molecule has 0 aromatic heterocycles. The van der Waals surface area contributed by atoms with E-state index in [0.29, 0.717) is 0 Å². The molecule has 0 unspecified atom stereocenters. The number of hydrogen-bond donors (Lipinski definition) is 1. The molecule has 0 heterocycles. The van der Waals surface area contributed by atoms with Gasteiger partial charge in [-0.15, -0.1) is 0 Å². The van der Waals surface area contributed by atoms with Crippen LogP contribution in [0.3, 0.4) is 0 Å². The first-order valence-corrected chi connectivity index (χ1v) is 3.94. The molecule has 8 nitrogen and oxygen atoms in total. The molecule has 0 rings (SSSR count). The smallest absolute Gasteiger partial charge is 0.759 e. The number of carbonyl (C=O) groups is 1. The summed E-state index contributed by atoms with van der Waals surface area (Å²) in [6, 6.07) is 0. The van der Waals surface area contributed by atoms with E-state index in [1.54, 1.807) is 13.8 Å². The van der Waals surface area contributed by atoms with E-state index in [2.05, 4.69) is 0 Å². The Hall–Kier alpha value is 0.520. The predicted molar refractivity (Wildman–Crippen MR) is 47.5 cm³/mol. The van der Waals surface area contributed by atoms with Gasteiger partial charge in [0.1, 0.15) is 0 Å². The van der Waals surface area contributed by atoms with E-state index >= 15 is 0 Å². The van der Waals surface area contributed by atoms with Crippen LogP contribution in [-0.2, 0) is 15.2 Å². The van der Waals surface area contributed by atoms with Crippen molar-refractivity contribution in [2.75, 3.05) is 0 Å². The second-order valence-electron chi connectivity index (χ2n) is 1.97. The van der Waals surface area contributed by atoms with Gasteiger partial charge in [-0.2, -0.15) is 0 Å². The minimum absolute atomic E-state index is 0. The zero-order chi connectivity index (χ0) is 9.65. The Morgan fingerprint density at radius 1 is 1.21 bits per heavy atom. The summed E-state index contributed by atoms with van der Waals surface area (Å²) in [6.07, 6.45) is 0. The van der Waals surface area contributed by atoms with Crippen LogP contribution in [0.5, 0.6) is 0 Å². The number of rotatable bonds is 1. The molecule has 84 valence electrons. The van der Waals surface area contributed by atoms with Crippen molar-refractivity contribution in [2.24, 2.45) is 11.7 Å². The van der Waals surface area contributed by atoms with Crippen molar-refractivity contribution in [3.63, 3.8) is 0 Å². The maximum atomic E-state index is 9.92. The fourth-order valence-electron chi connectivity index (χ4n) is 0. The predicted octanol–water partition coefficient (Wildman–Crippen LogP) is -3.24. The summed E-state index contributed by atoms with van der Waals surface area (Å²) in [5.41, 5.74) is 4.80. The fraction of sp³-hybridized carbons (Fsp3) is 0.750. The Labute approximate surface area is 112 Å². The van der Waals surface area contributed by atoms with E-state index in [4.69, 9.17) is 23.3 Å². The minimum atomic E-state index is -5.17. The van der Waals surface area contributed by atoms with Crippen molar-refractivity contribution in [3.8, 4) is 0 Å². The number of carbonyl (C=O) groups excluding carboxylic acids is 1. The third kappa shape index (κ3) is 81.3. The molecule has 0 saturated heterocycles. The first kappa shape index (κ1) is 29.3. The SMILES string of the molecule is CC(C)C(N)=O.O.O.O=S(=O)([O-])[O-].[Ca+2]. The van der Waals surface area contributed by atoms with Gasteiger partial charge in [0.2, 0.25) is 5.91 Å². The molecule has 0 aliphatic rings. The third-order valence-corrected chi connectivity index (χ3v) is 0.569. The van der Waals surface area contributed by atoms with Crippen LogP contribution >= 0.6 is 0 Å². The average molecular weight is 259 g/mol. The Balaban J connectivity index is -0.0000000321. The molecule has 0 atom stereocenters. The minimum Gasteiger partial charge on any atom is -0.759 e. The maximum absolute atomic E-state index is 9.92. The molecule has 0 aliphatic carbocycles. The molecule has 14 heavy (non-hydrogen) atoms. The number of amides is 1. The topological polar surface area (TPSA) is 186 Å². The quantitative estimate of drug-likeness (QED) is 0.293. The van der Waals surface area contributed by atoms with Crippen LogP contribution in [-0.4, -0.2) is 72.1 Å². The van der Waals surface area contributed by atoms with Crippen LogP contribution in [0, 0.1) is 5.92 Å². The number of hydrogen-bond acceptors (Lipinski definition) is 5. The van der Waals surface area contributed by atoms with Gasteiger partial charge in [0.25, 0.3) is 0 Å². The van der Waals surface area contributed by atoms with Crippen molar-refractivity contribution in [3.05, 3.63) is 0 Å². The van der Waals surface area contributed by atoms with Crippen LogP contribution in [0.2, 0.25) is 0 Å². The van der Waals surface area contributed by atoms with Crippen LogP contribution < -0.4 is 5.73 Å². The van der Waals surface area contributed by atoms with Gasteiger partial charge in [-0.1, -0.05) is 13.8 Å². The molecule has 0 fully saturated rings. The van der Waals surface area contributed by atoms with E-state index < -0.39 is 10.4 Å². The summed E-state index contributed by atoms with van der Waals surface area (Å²) in [4.78, 5) is 9.92. The molecular formula is C4H13CaNO7S. The van der Waals surface area contributed by atoms with Crippen LogP contribution in [0.15, 0.2) is 0 Å². The van der Waals surface area contributed by atoms with Gasteiger partial charge in [0, 0.05) is 16.3 Å². The zero-order valence-electron chi connectivity index (χ0n) is 7.81. The molecule has 6 N–H and O–H groups in total. The van der Waals surface area contributed by atoms with E-state index in [1.807, 2.05) is 0 Å². The van der Waals surface area contributed by atoms with Gasteiger partial charge in [-0.3, -0.25) is 13.2 Å². The summed E-state index contributed by atoms with van der Waals surface area (Å²) in [5, 5.41) is 0. The molecule has 0 aromatic rings. The van der Waals surface area contributed by atoms with Gasteiger partial charge >= 0.3 is 37.7 Å². The molecule has 0 radical (unpaired) electrons. The first-order chi connectivity index (χ1) is 4.64. The normalized spacial score (nSPS) is 8.07. The fourth-order valence-corrected chi connectivity index (χ4v) is 0. The zero-order valence-corrected chi connectivity index (χ0v) is 10.8. The molecule has 0 aromatic carbocycles. The standard InChI is InChI=1S/C4H9NO.Ca.H2O4S.2H2O/c1-3(2)4(5)6;;1-5(2,3)4;;/h3H,1-2H3,(H2,5,6);;(H2,1,2,3,4);2*1H2/q;+2;;;/p-2. The molecule has 1 amide bonds. The first-order valence-electron chi connectivity index (χ1n) is 2.60. The number of nitrogens with two attached hydrogens (primary N) is 1. The largest absolute Gasteiger partial charge is 2.00 e. The average Bonchev–Trinajstić information content (AvgIpc) is 1.59. The summed E-state index contributed by atoms with van der Waals surface area (Å²) < 4.78 is 34.1. The van der Waals surface area contributed by atoms with Gasteiger partial charge < -0.3 is 25.8 Å². The molecule has 0 bridgehead atoms. The van der Waals surface area contributed by atoms with Crippen molar-refractivity contribution < 1.29 is 33.3 Å². The van der Waals surface area contributed by atoms with Gasteiger partial charge in [-0.05, 0) is 0 Å². The van der Waals surface area contributed by atoms with Gasteiger partial charge in [0.05, 0.1) is 0 Å². The molecule has 10 heteroatoms. The van der Waals surface area contributed by atoms with Crippen molar-refractivity contribution >= 4 is 54.0 Å². The third-order valence-electron chi connectivity index (χ3n) is 0.569. The van der Waals surface area contributed by atoms with Crippen LogP contribution in [0.1, 0.15) is 13.8 Å². The second kappa shape index (κ2) is 13.5. The van der Waals surface area contributed by atoms with E-state index in [9.17, 15) is 4.79 Å². The molecular weight excluding hydrogens is 246 g/mol. The van der Waals surface area contributed by atoms with Gasteiger partial charge in [0.15, 0.2) is 0 Å². The monoisotopic (exact) mass is 259 g/mol. The summed E-state index contributed by atoms with van der Waals surface area (Å²) >= 11 is 0. The van der Waals surface area contributed by atoms with Crippen molar-refractivity contribution in [1.82, 2.24) is 0 Å². The molecule has 0 spiro atoms. The van der Waals surface area contributed by atoms with Crippen LogP contribution in [0.25, 0.3) is 0 Å². The Morgan fingerprint density at radius 2 is 1.29 bits per heavy atom. The maximum Gasteiger partial charge on any atom is 2.00 e. The Bertz CT molecular complexity index is 206. The van der Waals surface area contributed by atoms with E-state index in [-0.39, 0.29) is 60.5 Å². The summed E-state index contributed by atoms with van der Waals surface area (Å²) in [5.74, 6) is -0.250. The Kier molecular flexibility index (Phi) is 28.3. The van der Waals surface area contributed by atoms with Crippen molar-refractivity contribution in [2.45, 2.75) is 13.8 Å². The molecule has 0 aliphatic heterocycles. The van der Waals surface area contributed by atoms with Crippen LogP contribution in [0.4, 0.5) is 0 Å². The molecule has 0 saturated carbocycles. The van der Waals surface area contributed by atoms with Crippen molar-refractivity contribution in [1.29, 1.82) is 0 Å². The van der Waals surface area contributed by atoms with E-state index in [1.165, 1.54) is 0 Å². The Morgan fingerprint density at radius 3 is 1.29 bits per heavy atom. The summed E-state index contributed by atoms with van der Waals surface area (Å²) in [6.45, 7) is 3.53.